The third kappa shape index (κ3) is 4.21. The number of hydrogen-bond donors (Lipinski definition) is 1. The van der Waals surface area contributed by atoms with E-state index in [0.717, 1.165) is 18.4 Å². The zero-order valence-corrected chi connectivity index (χ0v) is 17.6. The van der Waals surface area contributed by atoms with Gasteiger partial charge in [-0.05, 0) is 55.2 Å². The van der Waals surface area contributed by atoms with Gasteiger partial charge in [0.05, 0.1) is 23.8 Å². The fraction of sp³-hybridized carbons (Fsp3) is 0.318. The highest BCUT2D eigenvalue weighted by molar-refractivity contribution is 6.35. The van der Waals surface area contributed by atoms with E-state index in [2.05, 4.69) is 5.32 Å². The smallest absolute Gasteiger partial charge is 0.261 e. The number of carbonyl (C=O) groups excluding carboxylic acids is 3. The average molecular weight is 447 g/mol. The maximum absolute atomic E-state index is 12.7. The Morgan fingerprint density at radius 3 is 2.63 bits per heavy atom. The van der Waals surface area contributed by atoms with Crippen LogP contribution in [0.15, 0.2) is 36.4 Å². The normalized spacial score (nSPS) is 18.1. The first-order valence-corrected chi connectivity index (χ1v) is 10.5. The van der Waals surface area contributed by atoms with Gasteiger partial charge in [0.25, 0.3) is 17.7 Å². The lowest BCUT2D eigenvalue weighted by molar-refractivity contribution is 0.0475. The van der Waals surface area contributed by atoms with Crippen LogP contribution in [0.4, 0.5) is 0 Å². The summed E-state index contributed by atoms with van der Waals surface area (Å²) < 4.78 is 5.54. The summed E-state index contributed by atoms with van der Waals surface area (Å²) in [7, 11) is 0. The molecule has 8 heteroatoms. The van der Waals surface area contributed by atoms with E-state index < -0.39 is 0 Å². The number of benzene rings is 2. The second kappa shape index (κ2) is 8.76. The molecular weight excluding hydrogens is 427 g/mol. The Kier molecular flexibility index (Phi) is 6.09. The first kappa shape index (κ1) is 20.8. The van der Waals surface area contributed by atoms with Gasteiger partial charge in [0.15, 0.2) is 0 Å². The molecule has 0 radical (unpaired) electrons. The molecule has 2 heterocycles. The molecule has 0 bridgehead atoms. The number of imide groups is 1. The van der Waals surface area contributed by atoms with Crippen LogP contribution in [0.1, 0.15) is 49.5 Å². The monoisotopic (exact) mass is 446 g/mol. The maximum Gasteiger partial charge on any atom is 0.261 e. The van der Waals surface area contributed by atoms with E-state index in [4.69, 9.17) is 27.9 Å². The van der Waals surface area contributed by atoms with Gasteiger partial charge in [0.1, 0.15) is 0 Å². The lowest BCUT2D eigenvalue weighted by Gasteiger charge is -2.17. The molecule has 0 aromatic heterocycles. The SMILES string of the molecule is O=C(NCCc1ccc(Cl)cc1Cl)c1ccc2c(c1)C(=O)N(CC1CCCO1)C2=O. The first-order chi connectivity index (χ1) is 14.4. The summed E-state index contributed by atoms with van der Waals surface area (Å²) in [4.78, 5) is 39.1. The van der Waals surface area contributed by atoms with Crippen LogP contribution in [0.2, 0.25) is 10.0 Å². The molecule has 1 atom stereocenters. The lowest BCUT2D eigenvalue weighted by atomic mass is 10.1. The lowest BCUT2D eigenvalue weighted by Crippen LogP contribution is -2.36. The molecule has 1 fully saturated rings. The van der Waals surface area contributed by atoms with Gasteiger partial charge in [-0.25, -0.2) is 0 Å². The number of nitrogens with one attached hydrogen (secondary N) is 1. The van der Waals surface area contributed by atoms with Gasteiger partial charge in [-0.3, -0.25) is 19.3 Å². The van der Waals surface area contributed by atoms with Gasteiger partial charge in [0, 0.05) is 28.8 Å². The Labute approximate surface area is 184 Å². The van der Waals surface area contributed by atoms with Crippen LogP contribution in [-0.4, -0.2) is 48.4 Å². The molecule has 1 N–H and O–H groups in total. The van der Waals surface area contributed by atoms with Gasteiger partial charge in [-0.15, -0.1) is 0 Å². The van der Waals surface area contributed by atoms with Crippen molar-refractivity contribution in [1.82, 2.24) is 10.2 Å². The van der Waals surface area contributed by atoms with Gasteiger partial charge in [-0.2, -0.15) is 0 Å². The number of carbonyl (C=O) groups is 3. The molecule has 30 heavy (non-hydrogen) atoms. The molecule has 0 aliphatic carbocycles. The van der Waals surface area contributed by atoms with E-state index in [1.54, 1.807) is 18.2 Å². The Bertz CT molecular complexity index is 1020. The molecule has 6 nitrogen and oxygen atoms in total. The van der Waals surface area contributed by atoms with Crippen molar-refractivity contribution in [2.75, 3.05) is 19.7 Å². The number of rotatable bonds is 6. The minimum atomic E-state index is -0.381. The summed E-state index contributed by atoms with van der Waals surface area (Å²) in [6.07, 6.45) is 2.19. The van der Waals surface area contributed by atoms with Gasteiger partial charge < -0.3 is 10.1 Å². The van der Waals surface area contributed by atoms with Gasteiger partial charge in [0.2, 0.25) is 0 Å². The minimum Gasteiger partial charge on any atom is -0.376 e. The van der Waals surface area contributed by atoms with Crippen LogP contribution < -0.4 is 5.32 Å². The highest BCUT2D eigenvalue weighted by Gasteiger charge is 2.37. The van der Waals surface area contributed by atoms with Crippen LogP contribution >= 0.6 is 23.2 Å². The summed E-state index contributed by atoms with van der Waals surface area (Å²) in [5, 5.41) is 3.92. The molecule has 1 unspecified atom stereocenters. The quantitative estimate of drug-likeness (QED) is 0.685. The largest absolute Gasteiger partial charge is 0.376 e. The van der Waals surface area contributed by atoms with E-state index in [-0.39, 0.29) is 35.9 Å². The Morgan fingerprint density at radius 2 is 1.90 bits per heavy atom. The molecule has 3 amide bonds. The number of ether oxygens (including phenoxy) is 1. The molecule has 0 spiro atoms. The summed E-state index contributed by atoms with van der Waals surface area (Å²) in [6, 6.07) is 9.80. The second-order valence-corrected chi connectivity index (χ2v) is 8.20. The topological polar surface area (TPSA) is 75.7 Å². The third-order valence-corrected chi connectivity index (χ3v) is 5.93. The fourth-order valence-corrected chi connectivity index (χ4v) is 4.23. The van der Waals surface area contributed by atoms with Crippen molar-refractivity contribution in [3.63, 3.8) is 0 Å². The van der Waals surface area contributed by atoms with Gasteiger partial charge in [-0.1, -0.05) is 29.3 Å². The Hall–Kier alpha value is -2.41. The molecule has 0 saturated carbocycles. The predicted molar refractivity (Wildman–Crippen MR) is 113 cm³/mol. The highest BCUT2D eigenvalue weighted by atomic mass is 35.5. The summed E-state index contributed by atoms with van der Waals surface area (Å²) >= 11 is 12.0. The number of nitrogens with zero attached hydrogens (tertiary/aromatic N) is 1. The maximum atomic E-state index is 12.7. The van der Waals surface area contributed by atoms with Crippen molar-refractivity contribution in [2.45, 2.75) is 25.4 Å². The number of amides is 3. The van der Waals surface area contributed by atoms with E-state index >= 15 is 0 Å². The van der Waals surface area contributed by atoms with Crippen LogP contribution in [0, 0.1) is 0 Å². The summed E-state index contributed by atoms with van der Waals surface area (Å²) in [6.45, 7) is 1.27. The van der Waals surface area contributed by atoms with Crippen LogP contribution in [0.3, 0.4) is 0 Å². The number of fused-ring (bicyclic) bond motifs is 1. The molecule has 2 aromatic rings. The minimum absolute atomic E-state index is 0.116. The van der Waals surface area contributed by atoms with Crippen molar-refractivity contribution < 1.29 is 19.1 Å². The molecule has 2 aliphatic heterocycles. The van der Waals surface area contributed by atoms with Crippen molar-refractivity contribution in [2.24, 2.45) is 0 Å². The highest BCUT2D eigenvalue weighted by Crippen LogP contribution is 2.26. The second-order valence-electron chi connectivity index (χ2n) is 7.36. The Balaban J connectivity index is 1.40. The molecule has 2 aliphatic rings. The van der Waals surface area contributed by atoms with Crippen molar-refractivity contribution in [3.05, 3.63) is 68.7 Å². The molecular formula is C22H20Cl2N2O4. The number of halogens is 2. The molecule has 2 aromatic carbocycles. The van der Waals surface area contributed by atoms with E-state index in [1.165, 1.54) is 17.0 Å². The standard InChI is InChI=1S/C22H20Cl2N2O4/c23-15-5-3-13(19(24)11-15)7-8-25-20(27)14-4-6-17-18(10-14)22(29)26(21(17)28)12-16-2-1-9-30-16/h3-6,10-11,16H,1-2,7-9,12H2,(H,25,27). The Morgan fingerprint density at radius 1 is 1.10 bits per heavy atom. The molecule has 4 rings (SSSR count). The average Bonchev–Trinajstić information content (AvgIpc) is 3.32. The van der Waals surface area contributed by atoms with E-state index in [0.29, 0.717) is 40.7 Å². The van der Waals surface area contributed by atoms with Crippen LogP contribution in [0.25, 0.3) is 0 Å². The summed E-state index contributed by atoms with van der Waals surface area (Å²) in [5.74, 6) is -1.04. The molecule has 1 saturated heterocycles. The third-order valence-electron chi connectivity index (χ3n) is 5.34. The van der Waals surface area contributed by atoms with Crippen LogP contribution in [0.5, 0.6) is 0 Å². The van der Waals surface area contributed by atoms with E-state index in [9.17, 15) is 14.4 Å². The van der Waals surface area contributed by atoms with Crippen molar-refractivity contribution in [3.8, 4) is 0 Å². The van der Waals surface area contributed by atoms with Crippen LogP contribution in [-0.2, 0) is 11.2 Å². The molecule has 156 valence electrons. The summed E-state index contributed by atoms with van der Waals surface area (Å²) in [5.41, 5.74) is 1.78. The predicted octanol–water partition coefficient (Wildman–Crippen LogP) is 3.74. The van der Waals surface area contributed by atoms with Crippen molar-refractivity contribution >= 4 is 40.9 Å². The first-order valence-electron chi connectivity index (χ1n) is 9.78. The zero-order chi connectivity index (χ0) is 21.3. The number of hydrogen-bond acceptors (Lipinski definition) is 4. The van der Waals surface area contributed by atoms with E-state index in [1.807, 2.05) is 6.07 Å². The fourth-order valence-electron chi connectivity index (χ4n) is 3.73. The van der Waals surface area contributed by atoms with Crippen molar-refractivity contribution in [1.29, 1.82) is 0 Å². The van der Waals surface area contributed by atoms with Gasteiger partial charge >= 0.3 is 0 Å². The zero-order valence-electron chi connectivity index (χ0n) is 16.1.